The molecule has 3 aromatic rings. The van der Waals surface area contributed by atoms with E-state index in [9.17, 15) is 4.79 Å². The molecule has 156 valence electrons. The first-order chi connectivity index (χ1) is 15.2. The van der Waals surface area contributed by atoms with E-state index in [1.54, 1.807) is 17.2 Å². The summed E-state index contributed by atoms with van der Waals surface area (Å²) in [5.74, 6) is -0.307. The summed E-state index contributed by atoms with van der Waals surface area (Å²) in [5.41, 5.74) is 8.01. The van der Waals surface area contributed by atoms with E-state index < -0.39 is 0 Å². The van der Waals surface area contributed by atoms with Gasteiger partial charge in [0.2, 0.25) is 0 Å². The molecule has 5 rings (SSSR count). The molecule has 0 unspecified atom stereocenters. The van der Waals surface area contributed by atoms with Crippen molar-refractivity contribution in [2.75, 3.05) is 13.1 Å². The largest absolute Gasteiger partial charge is 0.364 e. The normalized spacial score (nSPS) is 16.3. The number of fused-ring (bicyclic) bond motifs is 2. The molecule has 0 atom stereocenters. The van der Waals surface area contributed by atoms with Gasteiger partial charge in [-0.2, -0.15) is 0 Å². The van der Waals surface area contributed by atoms with Crippen LogP contribution in [0.25, 0.3) is 5.57 Å². The summed E-state index contributed by atoms with van der Waals surface area (Å²) < 4.78 is 0. The molecule has 4 nitrogen and oxygen atoms in total. The van der Waals surface area contributed by atoms with Crippen molar-refractivity contribution >= 4 is 23.1 Å². The number of hydrogen-bond donors (Lipinski definition) is 0. The Morgan fingerprint density at radius 3 is 2.48 bits per heavy atom. The predicted molar refractivity (Wildman–Crippen MR) is 122 cm³/mol. The standard InChI is InChI=1S/C26H23ClN2O2/c27-22-10-11-23-21(17-22)9-8-19-7-4-14-28-25(19)24(23)18-12-15-29(16-13-18)31-26(30)20-5-2-1-3-6-20/h1-7,10-11,14,17H,8-9,12-13,15-16H2. The Bertz CT molecular complexity index is 1150. The zero-order chi connectivity index (χ0) is 21.2. The summed E-state index contributed by atoms with van der Waals surface area (Å²) in [4.78, 5) is 22.8. The highest BCUT2D eigenvalue weighted by molar-refractivity contribution is 6.30. The fraction of sp³-hybridized carbons (Fsp3) is 0.231. The van der Waals surface area contributed by atoms with Gasteiger partial charge in [-0.15, -0.1) is 5.06 Å². The molecule has 0 amide bonds. The zero-order valence-electron chi connectivity index (χ0n) is 17.2. The Hall–Kier alpha value is -2.95. The Morgan fingerprint density at radius 2 is 1.68 bits per heavy atom. The number of pyridine rings is 1. The maximum atomic E-state index is 12.4. The number of piperidine rings is 1. The van der Waals surface area contributed by atoms with Gasteiger partial charge in [0.15, 0.2) is 0 Å². The maximum absolute atomic E-state index is 12.4. The third-order valence-corrected chi connectivity index (χ3v) is 6.26. The lowest BCUT2D eigenvalue weighted by atomic mass is 9.89. The van der Waals surface area contributed by atoms with Crippen molar-refractivity contribution in [3.05, 3.63) is 105 Å². The zero-order valence-corrected chi connectivity index (χ0v) is 17.9. The van der Waals surface area contributed by atoms with Crippen LogP contribution in [0.2, 0.25) is 5.02 Å². The van der Waals surface area contributed by atoms with Crippen molar-refractivity contribution < 1.29 is 9.63 Å². The first kappa shape index (κ1) is 20.0. The molecular formula is C26H23ClN2O2. The lowest BCUT2D eigenvalue weighted by molar-refractivity contribution is -0.114. The third-order valence-electron chi connectivity index (χ3n) is 6.03. The van der Waals surface area contributed by atoms with Gasteiger partial charge in [-0.05, 0) is 72.7 Å². The Kier molecular flexibility index (Phi) is 5.58. The summed E-state index contributed by atoms with van der Waals surface area (Å²) >= 11 is 6.31. The van der Waals surface area contributed by atoms with Gasteiger partial charge >= 0.3 is 5.97 Å². The van der Waals surface area contributed by atoms with E-state index in [0.717, 1.165) is 36.4 Å². The van der Waals surface area contributed by atoms with Crippen LogP contribution in [0.4, 0.5) is 0 Å². The molecule has 0 N–H and O–H groups in total. The highest BCUT2D eigenvalue weighted by Gasteiger charge is 2.26. The lowest BCUT2D eigenvalue weighted by Gasteiger charge is -2.29. The van der Waals surface area contributed by atoms with E-state index in [4.69, 9.17) is 21.4 Å². The van der Waals surface area contributed by atoms with E-state index in [1.807, 2.05) is 36.5 Å². The minimum atomic E-state index is -0.307. The molecule has 0 bridgehead atoms. The van der Waals surface area contributed by atoms with Crippen molar-refractivity contribution in [2.45, 2.75) is 25.7 Å². The summed E-state index contributed by atoms with van der Waals surface area (Å²) in [6.07, 6.45) is 5.43. The Labute approximate surface area is 187 Å². The Balaban J connectivity index is 1.43. The van der Waals surface area contributed by atoms with Gasteiger partial charge in [0.1, 0.15) is 0 Å². The molecule has 1 saturated heterocycles. The van der Waals surface area contributed by atoms with Crippen LogP contribution < -0.4 is 0 Å². The third kappa shape index (κ3) is 4.14. The van der Waals surface area contributed by atoms with E-state index in [2.05, 4.69) is 18.2 Å². The number of carbonyl (C=O) groups excluding carboxylic acids is 1. The molecule has 2 aromatic carbocycles. The van der Waals surface area contributed by atoms with Gasteiger partial charge in [-0.1, -0.05) is 47.5 Å². The minimum Gasteiger partial charge on any atom is -0.364 e. The molecule has 0 spiro atoms. The Morgan fingerprint density at radius 1 is 0.903 bits per heavy atom. The molecular weight excluding hydrogens is 408 g/mol. The number of halogens is 1. The average Bonchev–Trinajstić information content (AvgIpc) is 2.97. The van der Waals surface area contributed by atoms with Crippen LogP contribution in [0.1, 0.15) is 45.6 Å². The van der Waals surface area contributed by atoms with E-state index in [0.29, 0.717) is 18.7 Å². The lowest BCUT2D eigenvalue weighted by Crippen LogP contribution is -2.33. The first-order valence-electron chi connectivity index (χ1n) is 10.7. The van der Waals surface area contributed by atoms with Gasteiger partial charge in [0.25, 0.3) is 0 Å². The van der Waals surface area contributed by atoms with Gasteiger partial charge in [0, 0.05) is 29.9 Å². The van der Waals surface area contributed by atoms with Crippen molar-refractivity contribution in [1.82, 2.24) is 10.0 Å². The fourth-order valence-corrected chi connectivity index (χ4v) is 4.67. The highest BCUT2D eigenvalue weighted by atomic mass is 35.5. The van der Waals surface area contributed by atoms with Gasteiger partial charge in [-0.25, -0.2) is 4.79 Å². The van der Waals surface area contributed by atoms with Crippen LogP contribution in [0.3, 0.4) is 0 Å². The smallest absolute Gasteiger partial charge is 0.357 e. The van der Waals surface area contributed by atoms with Crippen molar-refractivity contribution in [3.8, 4) is 0 Å². The van der Waals surface area contributed by atoms with Crippen molar-refractivity contribution in [3.63, 3.8) is 0 Å². The van der Waals surface area contributed by atoms with Crippen molar-refractivity contribution in [1.29, 1.82) is 0 Å². The van der Waals surface area contributed by atoms with Crippen LogP contribution in [0.15, 0.2) is 72.4 Å². The van der Waals surface area contributed by atoms with Crippen LogP contribution >= 0.6 is 11.6 Å². The molecule has 1 aliphatic carbocycles. The maximum Gasteiger partial charge on any atom is 0.357 e. The molecule has 0 saturated carbocycles. The number of carbonyl (C=O) groups is 1. The quantitative estimate of drug-likeness (QED) is 0.538. The van der Waals surface area contributed by atoms with Gasteiger partial charge < -0.3 is 4.84 Å². The molecule has 0 radical (unpaired) electrons. The number of benzene rings is 2. The number of nitrogens with zero attached hydrogens (tertiary/aromatic N) is 2. The van der Waals surface area contributed by atoms with Gasteiger partial charge in [-0.3, -0.25) is 4.98 Å². The molecule has 31 heavy (non-hydrogen) atoms. The molecule has 1 fully saturated rings. The van der Waals surface area contributed by atoms with Crippen LogP contribution in [-0.4, -0.2) is 29.1 Å². The molecule has 1 aromatic heterocycles. The van der Waals surface area contributed by atoms with Crippen LogP contribution in [0.5, 0.6) is 0 Å². The summed E-state index contributed by atoms with van der Waals surface area (Å²) in [6, 6.07) is 19.5. The number of hydroxylamine groups is 2. The molecule has 2 aliphatic rings. The molecule has 5 heteroatoms. The minimum absolute atomic E-state index is 0.307. The molecule has 2 heterocycles. The van der Waals surface area contributed by atoms with E-state index in [1.165, 1.54) is 27.8 Å². The number of aromatic nitrogens is 1. The van der Waals surface area contributed by atoms with Crippen molar-refractivity contribution in [2.24, 2.45) is 0 Å². The average molecular weight is 431 g/mol. The predicted octanol–water partition coefficient (Wildman–Crippen LogP) is 5.50. The number of rotatable bonds is 2. The van der Waals surface area contributed by atoms with Crippen LogP contribution in [-0.2, 0) is 17.7 Å². The number of hydrogen-bond acceptors (Lipinski definition) is 4. The number of aryl methyl sites for hydroxylation is 2. The second kappa shape index (κ2) is 8.66. The monoisotopic (exact) mass is 430 g/mol. The second-order valence-corrected chi connectivity index (χ2v) is 8.40. The molecule has 1 aliphatic heterocycles. The fourth-order valence-electron chi connectivity index (χ4n) is 4.47. The summed E-state index contributed by atoms with van der Waals surface area (Å²) in [6.45, 7) is 1.34. The highest BCUT2D eigenvalue weighted by Crippen LogP contribution is 2.38. The first-order valence-corrected chi connectivity index (χ1v) is 11.0. The SMILES string of the molecule is O=C(ON1CCC(=C2c3ccc(Cl)cc3CCc3cccnc32)CC1)c1ccccc1. The van der Waals surface area contributed by atoms with E-state index in [-0.39, 0.29) is 5.97 Å². The summed E-state index contributed by atoms with van der Waals surface area (Å²) in [5, 5.41) is 2.54. The van der Waals surface area contributed by atoms with Crippen LogP contribution in [0, 0.1) is 0 Å². The topological polar surface area (TPSA) is 42.4 Å². The van der Waals surface area contributed by atoms with E-state index >= 15 is 0 Å². The second-order valence-electron chi connectivity index (χ2n) is 7.96. The summed E-state index contributed by atoms with van der Waals surface area (Å²) in [7, 11) is 0. The van der Waals surface area contributed by atoms with Gasteiger partial charge in [0.05, 0.1) is 11.3 Å².